The van der Waals surface area contributed by atoms with Crippen LogP contribution in [0.15, 0.2) is 4.52 Å². The summed E-state index contributed by atoms with van der Waals surface area (Å²) in [5, 5.41) is 3.80. The maximum Gasteiger partial charge on any atom is 0.318 e. The van der Waals surface area contributed by atoms with Gasteiger partial charge >= 0.3 is 6.01 Å². The van der Waals surface area contributed by atoms with Gasteiger partial charge in [-0.15, -0.1) is 0 Å². The Morgan fingerprint density at radius 3 is 2.79 bits per heavy atom. The van der Waals surface area contributed by atoms with Crippen LogP contribution in [0, 0.1) is 5.92 Å². The lowest BCUT2D eigenvalue weighted by atomic mass is 9.94. The van der Waals surface area contributed by atoms with E-state index in [1.165, 1.54) is 12.8 Å². The predicted molar refractivity (Wildman–Crippen MR) is 52.6 cm³/mol. The van der Waals surface area contributed by atoms with Gasteiger partial charge in [-0.25, -0.2) is 0 Å². The van der Waals surface area contributed by atoms with Crippen LogP contribution in [0.1, 0.15) is 18.7 Å². The SMILES string of the molecule is CN1CCC(Cc2noc(N)n2)CC1. The molecular formula is C9H16N4O. The normalized spacial score (nSPS) is 20.1. The molecule has 1 aromatic heterocycles. The highest BCUT2D eigenvalue weighted by Crippen LogP contribution is 2.19. The lowest BCUT2D eigenvalue weighted by Crippen LogP contribution is -2.31. The Labute approximate surface area is 83.3 Å². The molecule has 0 aliphatic carbocycles. The molecule has 0 radical (unpaired) electrons. The minimum absolute atomic E-state index is 0.174. The third-order valence-electron chi connectivity index (χ3n) is 2.79. The number of piperidine rings is 1. The molecule has 0 saturated carbocycles. The van der Waals surface area contributed by atoms with E-state index < -0.39 is 0 Å². The molecule has 1 saturated heterocycles. The Morgan fingerprint density at radius 1 is 1.50 bits per heavy atom. The molecule has 5 heteroatoms. The second kappa shape index (κ2) is 3.96. The first kappa shape index (κ1) is 9.45. The fourth-order valence-electron chi connectivity index (χ4n) is 1.87. The van der Waals surface area contributed by atoms with Crippen LogP contribution in [0.3, 0.4) is 0 Å². The first-order chi connectivity index (χ1) is 6.74. The fourth-order valence-corrected chi connectivity index (χ4v) is 1.87. The molecule has 2 rings (SSSR count). The molecule has 0 bridgehead atoms. The molecule has 14 heavy (non-hydrogen) atoms. The quantitative estimate of drug-likeness (QED) is 0.747. The smallest absolute Gasteiger partial charge is 0.318 e. The summed E-state index contributed by atoms with van der Waals surface area (Å²) in [6, 6.07) is 0.174. The van der Waals surface area contributed by atoms with Crippen molar-refractivity contribution in [3.05, 3.63) is 5.82 Å². The van der Waals surface area contributed by atoms with E-state index in [9.17, 15) is 0 Å². The Balaban J connectivity index is 1.86. The van der Waals surface area contributed by atoms with Crippen LogP contribution in [0.2, 0.25) is 0 Å². The lowest BCUT2D eigenvalue weighted by molar-refractivity contribution is 0.216. The topological polar surface area (TPSA) is 68.2 Å². The number of anilines is 1. The summed E-state index contributed by atoms with van der Waals surface area (Å²) in [6.07, 6.45) is 3.32. The van der Waals surface area contributed by atoms with Crippen LogP contribution < -0.4 is 5.73 Å². The summed E-state index contributed by atoms with van der Waals surface area (Å²) < 4.78 is 4.73. The van der Waals surface area contributed by atoms with E-state index in [0.717, 1.165) is 25.3 Å². The van der Waals surface area contributed by atoms with Gasteiger partial charge in [0.25, 0.3) is 0 Å². The number of rotatable bonds is 2. The molecule has 0 atom stereocenters. The van der Waals surface area contributed by atoms with Crippen LogP contribution in [0.25, 0.3) is 0 Å². The number of nitrogens with zero attached hydrogens (tertiary/aromatic N) is 3. The van der Waals surface area contributed by atoms with Gasteiger partial charge < -0.3 is 15.2 Å². The largest absolute Gasteiger partial charge is 0.351 e. The molecule has 1 aliphatic heterocycles. The van der Waals surface area contributed by atoms with Crippen LogP contribution in [0.5, 0.6) is 0 Å². The molecule has 1 aliphatic rings. The molecule has 0 amide bonds. The highest BCUT2D eigenvalue weighted by Gasteiger charge is 2.18. The van der Waals surface area contributed by atoms with Gasteiger partial charge in [-0.3, -0.25) is 0 Å². The number of nitrogen functional groups attached to an aromatic ring is 1. The van der Waals surface area contributed by atoms with Crippen molar-refractivity contribution < 1.29 is 4.52 Å². The summed E-state index contributed by atoms with van der Waals surface area (Å²) >= 11 is 0. The van der Waals surface area contributed by atoms with Gasteiger partial charge in [0, 0.05) is 6.42 Å². The highest BCUT2D eigenvalue weighted by atomic mass is 16.5. The third kappa shape index (κ3) is 2.23. The van der Waals surface area contributed by atoms with Crippen molar-refractivity contribution in [2.24, 2.45) is 5.92 Å². The van der Waals surface area contributed by atoms with Crippen LogP contribution in [0.4, 0.5) is 6.01 Å². The van der Waals surface area contributed by atoms with Crippen molar-refractivity contribution in [1.82, 2.24) is 15.0 Å². The van der Waals surface area contributed by atoms with Gasteiger partial charge in [0.2, 0.25) is 0 Å². The van der Waals surface area contributed by atoms with Crippen molar-refractivity contribution in [2.45, 2.75) is 19.3 Å². The van der Waals surface area contributed by atoms with E-state index in [4.69, 9.17) is 10.3 Å². The third-order valence-corrected chi connectivity index (χ3v) is 2.79. The van der Waals surface area contributed by atoms with Gasteiger partial charge in [0.15, 0.2) is 5.82 Å². The molecular weight excluding hydrogens is 180 g/mol. The van der Waals surface area contributed by atoms with Gasteiger partial charge in [0.1, 0.15) is 0 Å². The van der Waals surface area contributed by atoms with Gasteiger partial charge in [0.05, 0.1) is 0 Å². The Morgan fingerprint density at radius 2 is 2.21 bits per heavy atom. The molecule has 5 nitrogen and oxygen atoms in total. The van der Waals surface area contributed by atoms with Crippen molar-refractivity contribution in [3.63, 3.8) is 0 Å². The van der Waals surface area contributed by atoms with E-state index in [1.807, 2.05) is 0 Å². The van der Waals surface area contributed by atoms with Crippen molar-refractivity contribution >= 4 is 6.01 Å². The highest BCUT2D eigenvalue weighted by molar-refractivity contribution is 5.07. The monoisotopic (exact) mass is 196 g/mol. The first-order valence-electron chi connectivity index (χ1n) is 5.00. The second-order valence-corrected chi connectivity index (χ2v) is 4.00. The molecule has 1 aromatic rings. The zero-order valence-corrected chi connectivity index (χ0v) is 8.44. The molecule has 78 valence electrons. The summed E-state index contributed by atoms with van der Waals surface area (Å²) in [5.74, 6) is 1.43. The van der Waals surface area contributed by atoms with Crippen molar-refractivity contribution in [3.8, 4) is 0 Å². The molecule has 2 heterocycles. The number of likely N-dealkylation sites (tertiary alicyclic amines) is 1. The molecule has 2 N–H and O–H groups in total. The van der Waals surface area contributed by atoms with E-state index in [0.29, 0.717) is 5.92 Å². The zero-order valence-electron chi connectivity index (χ0n) is 8.44. The Hall–Kier alpha value is -1.10. The summed E-state index contributed by atoms with van der Waals surface area (Å²) in [4.78, 5) is 6.36. The Bertz CT molecular complexity index is 291. The number of hydrogen-bond acceptors (Lipinski definition) is 5. The maximum atomic E-state index is 5.36. The lowest BCUT2D eigenvalue weighted by Gasteiger charge is -2.27. The van der Waals surface area contributed by atoms with E-state index in [1.54, 1.807) is 0 Å². The average molecular weight is 196 g/mol. The zero-order chi connectivity index (χ0) is 9.97. The van der Waals surface area contributed by atoms with Gasteiger partial charge in [-0.05, 0) is 38.9 Å². The number of aromatic nitrogens is 2. The van der Waals surface area contributed by atoms with Crippen molar-refractivity contribution in [2.75, 3.05) is 25.9 Å². The van der Waals surface area contributed by atoms with Crippen LogP contribution in [-0.4, -0.2) is 35.2 Å². The van der Waals surface area contributed by atoms with Gasteiger partial charge in [-0.2, -0.15) is 4.98 Å². The van der Waals surface area contributed by atoms with Crippen LogP contribution >= 0.6 is 0 Å². The minimum atomic E-state index is 0.174. The fraction of sp³-hybridized carbons (Fsp3) is 0.778. The minimum Gasteiger partial charge on any atom is -0.351 e. The predicted octanol–water partition coefficient (Wildman–Crippen LogP) is 0.536. The summed E-state index contributed by atoms with van der Waals surface area (Å²) in [6.45, 7) is 2.33. The maximum absolute atomic E-state index is 5.36. The standard InChI is InChI=1S/C9H16N4O/c1-13-4-2-7(3-5-13)6-8-11-9(10)14-12-8/h7H,2-6H2,1H3,(H2,10,11,12). The molecule has 0 spiro atoms. The van der Waals surface area contributed by atoms with Crippen LogP contribution in [-0.2, 0) is 6.42 Å². The molecule has 0 unspecified atom stereocenters. The number of hydrogen-bond donors (Lipinski definition) is 1. The Kier molecular flexibility index (Phi) is 2.67. The van der Waals surface area contributed by atoms with E-state index in [-0.39, 0.29) is 6.01 Å². The first-order valence-corrected chi connectivity index (χ1v) is 5.00. The van der Waals surface area contributed by atoms with E-state index >= 15 is 0 Å². The van der Waals surface area contributed by atoms with E-state index in [2.05, 4.69) is 22.1 Å². The van der Waals surface area contributed by atoms with Crippen molar-refractivity contribution in [1.29, 1.82) is 0 Å². The summed E-state index contributed by atoms with van der Waals surface area (Å²) in [5.41, 5.74) is 5.36. The second-order valence-electron chi connectivity index (χ2n) is 4.00. The summed E-state index contributed by atoms with van der Waals surface area (Å²) in [7, 11) is 2.16. The average Bonchev–Trinajstić information content (AvgIpc) is 2.56. The van der Waals surface area contributed by atoms with Gasteiger partial charge in [-0.1, -0.05) is 5.16 Å². The molecule has 0 aromatic carbocycles. The molecule has 1 fully saturated rings. The number of nitrogens with two attached hydrogens (primary N) is 1.